The van der Waals surface area contributed by atoms with Gasteiger partial charge in [-0.15, -0.1) is 0 Å². The summed E-state index contributed by atoms with van der Waals surface area (Å²) in [5.74, 6) is 1.32. The lowest BCUT2D eigenvalue weighted by atomic mass is 10.2. The van der Waals surface area contributed by atoms with Gasteiger partial charge in [0.15, 0.2) is 0 Å². The minimum atomic E-state index is 0.369. The van der Waals surface area contributed by atoms with Gasteiger partial charge in [0.05, 0.1) is 16.2 Å². The molecule has 0 unspecified atom stereocenters. The molecule has 0 fully saturated rings. The summed E-state index contributed by atoms with van der Waals surface area (Å²) in [4.78, 5) is 8.33. The van der Waals surface area contributed by atoms with E-state index in [9.17, 15) is 0 Å². The third-order valence-corrected chi connectivity index (χ3v) is 2.80. The number of nitrogens with one attached hydrogen (secondary N) is 1. The largest absolute Gasteiger partial charge is 0.436 e. The quantitative estimate of drug-likeness (QED) is 0.936. The van der Waals surface area contributed by atoms with Crippen LogP contribution in [0.4, 0.5) is 5.95 Å². The van der Waals surface area contributed by atoms with Crippen molar-refractivity contribution in [2.75, 3.05) is 11.9 Å². The van der Waals surface area contributed by atoms with Gasteiger partial charge in [-0.3, -0.25) is 0 Å². The number of ether oxygens (including phenoxy) is 1. The Morgan fingerprint density at radius 3 is 2.95 bits per heavy atom. The maximum atomic E-state index is 9.02. The number of hydrogen-bond acceptors (Lipinski definition) is 5. The van der Waals surface area contributed by atoms with E-state index in [4.69, 9.17) is 10.00 Å². The van der Waals surface area contributed by atoms with E-state index in [-0.39, 0.29) is 0 Å². The zero-order valence-electron chi connectivity index (χ0n) is 10.2. The summed E-state index contributed by atoms with van der Waals surface area (Å²) in [7, 11) is 0. The number of nitriles is 1. The van der Waals surface area contributed by atoms with E-state index < -0.39 is 0 Å². The third-order valence-electron chi connectivity index (χ3n) is 2.26. The van der Waals surface area contributed by atoms with Gasteiger partial charge in [-0.25, -0.2) is 4.98 Å². The van der Waals surface area contributed by atoms with Gasteiger partial charge < -0.3 is 10.1 Å². The van der Waals surface area contributed by atoms with Crippen LogP contribution in [-0.4, -0.2) is 16.5 Å². The lowest BCUT2D eigenvalue weighted by Gasteiger charge is -2.09. The first-order chi connectivity index (χ1) is 9.24. The molecule has 0 aliphatic rings. The molecule has 0 aliphatic heterocycles. The fraction of sp³-hybridized carbons (Fsp3) is 0.154. The second-order valence-corrected chi connectivity index (χ2v) is 4.44. The van der Waals surface area contributed by atoms with Gasteiger partial charge in [0, 0.05) is 6.54 Å². The zero-order chi connectivity index (χ0) is 13.7. The van der Waals surface area contributed by atoms with Gasteiger partial charge in [-0.05, 0) is 35.0 Å². The summed E-state index contributed by atoms with van der Waals surface area (Å²) in [6, 6.07) is 9.07. The Bertz CT molecular complexity index is 624. The summed E-state index contributed by atoms with van der Waals surface area (Å²) >= 11 is 3.32. The topological polar surface area (TPSA) is 70.8 Å². The molecule has 2 aromatic rings. The second-order valence-electron chi connectivity index (χ2n) is 3.59. The highest BCUT2D eigenvalue weighted by atomic mass is 79.9. The lowest BCUT2D eigenvalue weighted by Crippen LogP contribution is -2.03. The molecule has 0 saturated heterocycles. The molecule has 96 valence electrons. The Hall–Kier alpha value is -2.13. The minimum Gasteiger partial charge on any atom is -0.436 e. The maximum Gasteiger partial charge on any atom is 0.238 e. The number of benzene rings is 1. The molecule has 0 atom stereocenters. The second kappa shape index (κ2) is 6.16. The van der Waals surface area contributed by atoms with Crippen molar-refractivity contribution in [2.24, 2.45) is 0 Å². The normalized spacial score (nSPS) is 9.74. The van der Waals surface area contributed by atoms with Crippen LogP contribution in [0.3, 0.4) is 0 Å². The number of rotatable bonds is 4. The average Bonchev–Trinajstić information content (AvgIpc) is 2.43. The number of halogens is 1. The highest BCUT2D eigenvalue weighted by Gasteiger charge is 2.09. The summed E-state index contributed by atoms with van der Waals surface area (Å²) in [6.45, 7) is 2.67. The highest BCUT2D eigenvalue weighted by molar-refractivity contribution is 9.10. The van der Waals surface area contributed by atoms with Gasteiger partial charge in [0.2, 0.25) is 11.8 Å². The van der Waals surface area contributed by atoms with Gasteiger partial charge >= 0.3 is 0 Å². The molecule has 5 nitrogen and oxygen atoms in total. The van der Waals surface area contributed by atoms with Crippen LogP contribution in [0.5, 0.6) is 11.6 Å². The van der Waals surface area contributed by atoms with Crippen molar-refractivity contribution < 1.29 is 4.74 Å². The van der Waals surface area contributed by atoms with E-state index in [1.807, 2.05) is 6.92 Å². The van der Waals surface area contributed by atoms with Gasteiger partial charge in [-0.2, -0.15) is 10.2 Å². The molecule has 2 rings (SSSR count). The Labute approximate surface area is 119 Å². The molecule has 1 N–H and O–H groups in total. The Morgan fingerprint density at radius 2 is 2.21 bits per heavy atom. The molecule has 1 aromatic carbocycles. The van der Waals surface area contributed by atoms with Crippen LogP contribution in [0, 0.1) is 11.3 Å². The van der Waals surface area contributed by atoms with Crippen LogP contribution in [-0.2, 0) is 0 Å². The molecular formula is C13H11BrN4O. The van der Waals surface area contributed by atoms with Gasteiger partial charge in [-0.1, -0.05) is 12.1 Å². The van der Waals surface area contributed by atoms with Crippen LogP contribution < -0.4 is 10.1 Å². The number of para-hydroxylation sites is 1. The van der Waals surface area contributed by atoms with Gasteiger partial charge in [0.1, 0.15) is 11.8 Å². The summed E-state index contributed by atoms with van der Waals surface area (Å²) in [6.07, 6.45) is 1.61. The first-order valence-corrected chi connectivity index (χ1v) is 6.47. The van der Waals surface area contributed by atoms with E-state index in [1.165, 1.54) is 0 Å². The Kier molecular flexibility index (Phi) is 4.31. The van der Waals surface area contributed by atoms with Gasteiger partial charge in [0.25, 0.3) is 0 Å². The van der Waals surface area contributed by atoms with Crippen LogP contribution in [0.15, 0.2) is 34.9 Å². The van der Waals surface area contributed by atoms with Crippen LogP contribution >= 0.6 is 15.9 Å². The first-order valence-electron chi connectivity index (χ1n) is 5.68. The number of nitrogens with zero attached hydrogens (tertiary/aromatic N) is 3. The number of hydrogen-bond donors (Lipinski definition) is 1. The van der Waals surface area contributed by atoms with Crippen molar-refractivity contribution in [2.45, 2.75) is 6.92 Å². The van der Waals surface area contributed by atoms with Crippen molar-refractivity contribution in [3.8, 4) is 17.7 Å². The summed E-state index contributed by atoms with van der Waals surface area (Å²) in [5.41, 5.74) is 0.456. The van der Waals surface area contributed by atoms with E-state index in [1.54, 1.807) is 30.5 Å². The Balaban J connectivity index is 2.32. The summed E-state index contributed by atoms with van der Waals surface area (Å²) < 4.78 is 6.28. The molecular weight excluding hydrogens is 308 g/mol. The van der Waals surface area contributed by atoms with E-state index in [2.05, 4.69) is 37.3 Å². The predicted molar refractivity (Wildman–Crippen MR) is 75.1 cm³/mol. The SMILES string of the molecule is CCNc1ncc(Br)c(Oc2ccccc2C#N)n1. The third kappa shape index (κ3) is 3.20. The van der Waals surface area contributed by atoms with Crippen molar-refractivity contribution >= 4 is 21.9 Å². The fourth-order valence-electron chi connectivity index (χ4n) is 1.42. The molecule has 1 heterocycles. The zero-order valence-corrected chi connectivity index (χ0v) is 11.8. The minimum absolute atomic E-state index is 0.369. The molecule has 6 heteroatoms. The first kappa shape index (κ1) is 13.3. The number of aromatic nitrogens is 2. The van der Waals surface area contributed by atoms with Crippen LogP contribution in [0.1, 0.15) is 12.5 Å². The van der Waals surface area contributed by atoms with Crippen molar-refractivity contribution in [3.63, 3.8) is 0 Å². The smallest absolute Gasteiger partial charge is 0.238 e. The molecule has 19 heavy (non-hydrogen) atoms. The maximum absolute atomic E-state index is 9.02. The van der Waals surface area contributed by atoms with E-state index in [0.717, 1.165) is 6.54 Å². The lowest BCUT2D eigenvalue weighted by molar-refractivity contribution is 0.457. The monoisotopic (exact) mass is 318 g/mol. The Morgan fingerprint density at radius 1 is 1.42 bits per heavy atom. The molecule has 0 amide bonds. The highest BCUT2D eigenvalue weighted by Crippen LogP contribution is 2.29. The van der Waals surface area contributed by atoms with Crippen LogP contribution in [0.2, 0.25) is 0 Å². The molecule has 0 bridgehead atoms. The molecule has 0 radical (unpaired) electrons. The molecule has 0 saturated carbocycles. The van der Waals surface area contributed by atoms with E-state index in [0.29, 0.717) is 27.6 Å². The van der Waals surface area contributed by atoms with Crippen molar-refractivity contribution in [1.29, 1.82) is 5.26 Å². The fourth-order valence-corrected chi connectivity index (χ4v) is 1.69. The average molecular weight is 319 g/mol. The summed E-state index contributed by atoms with van der Waals surface area (Å²) in [5, 5.41) is 12.0. The number of anilines is 1. The molecule has 0 aliphatic carbocycles. The predicted octanol–water partition coefficient (Wildman–Crippen LogP) is 3.33. The molecule has 0 spiro atoms. The standard InChI is InChI=1S/C13H11BrN4O/c1-2-16-13-17-8-10(14)12(18-13)19-11-6-4-3-5-9(11)7-15/h3-6,8H,2H2,1H3,(H,16,17,18). The van der Waals surface area contributed by atoms with Crippen LogP contribution in [0.25, 0.3) is 0 Å². The van der Waals surface area contributed by atoms with E-state index >= 15 is 0 Å². The molecule has 1 aromatic heterocycles. The van der Waals surface area contributed by atoms with Crippen molar-refractivity contribution in [3.05, 3.63) is 40.5 Å². The van der Waals surface area contributed by atoms with Crippen molar-refractivity contribution in [1.82, 2.24) is 9.97 Å².